The highest BCUT2D eigenvalue weighted by molar-refractivity contribution is 5.98. The van der Waals surface area contributed by atoms with Crippen LogP contribution in [0, 0.1) is 5.92 Å². The second-order valence-electron chi connectivity index (χ2n) is 9.03. The molecule has 2 aliphatic heterocycles. The topological polar surface area (TPSA) is 73.9 Å². The Hall–Kier alpha value is -2.48. The Morgan fingerprint density at radius 1 is 0.848 bits per heavy atom. The quantitative estimate of drug-likeness (QED) is 0.570. The first-order chi connectivity index (χ1) is 16.2. The van der Waals surface area contributed by atoms with Crippen molar-refractivity contribution in [3.63, 3.8) is 0 Å². The van der Waals surface area contributed by atoms with Gasteiger partial charge in [-0.15, -0.1) is 0 Å². The lowest BCUT2D eigenvalue weighted by Gasteiger charge is -2.31. The fourth-order valence-corrected chi connectivity index (χ4v) is 4.66. The maximum Gasteiger partial charge on any atom is 0.251 e. The van der Waals surface area contributed by atoms with Crippen LogP contribution >= 0.6 is 0 Å². The number of nitrogens with zero attached hydrogens (tertiary/aromatic N) is 2. The molecule has 0 bridgehead atoms. The molecule has 33 heavy (non-hydrogen) atoms. The number of hydrogen-bond acceptors (Lipinski definition) is 5. The summed E-state index contributed by atoms with van der Waals surface area (Å²) in [6.07, 6.45) is 2.75. The Kier molecular flexibility index (Phi) is 8.69. The molecule has 0 saturated carbocycles. The molecule has 0 atom stereocenters. The number of hydrogen-bond donors (Lipinski definition) is 2. The molecule has 2 amide bonds. The van der Waals surface area contributed by atoms with Crippen molar-refractivity contribution in [1.82, 2.24) is 20.4 Å². The summed E-state index contributed by atoms with van der Waals surface area (Å²) in [7, 11) is 0. The monoisotopic (exact) mass is 452 g/mol. The predicted octanol–water partition coefficient (Wildman–Crippen LogP) is 2.12. The predicted molar refractivity (Wildman–Crippen MR) is 130 cm³/mol. The first-order valence-electron chi connectivity index (χ1n) is 12.3. The Balaban J connectivity index is 1.09. The summed E-state index contributed by atoms with van der Waals surface area (Å²) >= 11 is 0. The summed E-state index contributed by atoms with van der Waals surface area (Å²) in [5.74, 6) is 0.269. The van der Waals surface area contributed by atoms with E-state index < -0.39 is 0 Å². The summed E-state index contributed by atoms with van der Waals surface area (Å²) in [5, 5.41) is 8.37. The van der Waals surface area contributed by atoms with Crippen LogP contribution in [0.4, 0.5) is 0 Å². The van der Waals surface area contributed by atoms with Crippen molar-refractivity contribution in [3.05, 3.63) is 48.0 Å². The van der Waals surface area contributed by atoms with Gasteiger partial charge in [-0.25, -0.2) is 0 Å². The summed E-state index contributed by atoms with van der Waals surface area (Å²) in [4.78, 5) is 29.7. The van der Waals surface area contributed by atoms with E-state index in [-0.39, 0.29) is 17.7 Å². The average Bonchev–Trinajstić information content (AvgIpc) is 2.87. The van der Waals surface area contributed by atoms with E-state index in [4.69, 9.17) is 4.74 Å². The number of benzene rings is 2. The molecular weight excluding hydrogens is 416 g/mol. The van der Waals surface area contributed by atoms with Crippen LogP contribution in [0.5, 0.6) is 0 Å². The van der Waals surface area contributed by atoms with E-state index >= 15 is 0 Å². The SMILES string of the molecule is O=C(NCCN1CCC(C(=O)NCCCN2CCOCC2)CC1)c1ccc2ccccc2c1. The third-order valence-corrected chi connectivity index (χ3v) is 6.74. The molecule has 7 heteroatoms. The van der Waals surface area contributed by atoms with Crippen molar-refractivity contribution < 1.29 is 14.3 Å². The Labute approximate surface area is 196 Å². The van der Waals surface area contributed by atoms with Gasteiger partial charge in [-0.05, 0) is 61.8 Å². The molecule has 4 rings (SSSR count). The van der Waals surface area contributed by atoms with E-state index in [0.717, 1.165) is 89.1 Å². The number of carbonyl (C=O) groups excluding carboxylic acids is 2. The van der Waals surface area contributed by atoms with Crippen LogP contribution in [-0.4, -0.2) is 87.2 Å². The number of morpholine rings is 1. The highest BCUT2D eigenvalue weighted by Crippen LogP contribution is 2.17. The number of carbonyl (C=O) groups is 2. The van der Waals surface area contributed by atoms with Gasteiger partial charge in [-0.2, -0.15) is 0 Å². The van der Waals surface area contributed by atoms with E-state index in [1.54, 1.807) is 0 Å². The van der Waals surface area contributed by atoms with E-state index in [9.17, 15) is 9.59 Å². The lowest BCUT2D eigenvalue weighted by Crippen LogP contribution is -2.43. The summed E-state index contributed by atoms with van der Waals surface area (Å²) in [6.45, 7) is 8.62. The number of ether oxygens (including phenoxy) is 1. The van der Waals surface area contributed by atoms with Crippen LogP contribution in [0.25, 0.3) is 10.8 Å². The Morgan fingerprint density at radius 3 is 2.36 bits per heavy atom. The van der Waals surface area contributed by atoms with Crippen molar-refractivity contribution in [2.45, 2.75) is 19.3 Å². The minimum Gasteiger partial charge on any atom is -0.379 e. The summed E-state index contributed by atoms with van der Waals surface area (Å²) in [5.41, 5.74) is 0.692. The van der Waals surface area contributed by atoms with Crippen molar-refractivity contribution in [2.24, 2.45) is 5.92 Å². The molecule has 2 fully saturated rings. The molecular formula is C26H36N4O3. The molecule has 2 aromatic carbocycles. The fraction of sp³-hybridized carbons (Fsp3) is 0.538. The molecule has 2 saturated heterocycles. The van der Waals surface area contributed by atoms with E-state index in [1.165, 1.54) is 0 Å². The maximum absolute atomic E-state index is 12.5. The molecule has 7 nitrogen and oxygen atoms in total. The number of amides is 2. The van der Waals surface area contributed by atoms with Gasteiger partial charge in [0.05, 0.1) is 13.2 Å². The zero-order valence-electron chi connectivity index (χ0n) is 19.4. The molecule has 2 aliphatic rings. The van der Waals surface area contributed by atoms with E-state index in [0.29, 0.717) is 12.1 Å². The van der Waals surface area contributed by atoms with Crippen molar-refractivity contribution in [1.29, 1.82) is 0 Å². The van der Waals surface area contributed by atoms with Gasteiger partial charge < -0.3 is 20.3 Å². The first kappa shape index (κ1) is 23.7. The van der Waals surface area contributed by atoms with Crippen LogP contribution in [0.1, 0.15) is 29.6 Å². The molecule has 2 aromatic rings. The molecule has 0 spiro atoms. The van der Waals surface area contributed by atoms with Crippen molar-refractivity contribution in [2.75, 3.05) is 65.6 Å². The number of likely N-dealkylation sites (tertiary alicyclic amines) is 1. The highest BCUT2D eigenvalue weighted by atomic mass is 16.5. The molecule has 2 N–H and O–H groups in total. The third kappa shape index (κ3) is 7.00. The Morgan fingerprint density at radius 2 is 1.58 bits per heavy atom. The minimum absolute atomic E-state index is 0.0351. The zero-order valence-corrected chi connectivity index (χ0v) is 19.4. The van der Waals surface area contributed by atoms with Crippen molar-refractivity contribution >= 4 is 22.6 Å². The van der Waals surface area contributed by atoms with Crippen LogP contribution in [0.2, 0.25) is 0 Å². The molecule has 0 aliphatic carbocycles. The van der Waals surface area contributed by atoms with Gasteiger partial charge in [0.15, 0.2) is 0 Å². The van der Waals surface area contributed by atoms with E-state index in [1.807, 2.05) is 42.5 Å². The Bertz CT molecular complexity index is 921. The lowest BCUT2D eigenvalue weighted by molar-refractivity contribution is -0.126. The standard InChI is InChI=1S/C26H36N4O3/c31-25(27-10-3-12-29-16-18-33-19-17-29)22-8-13-30(14-9-22)15-11-28-26(32)24-7-6-21-4-1-2-5-23(21)20-24/h1-2,4-7,20,22H,3,8-19H2,(H,27,31)(H,28,32). The van der Waals surface area contributed by atoms with Crippen LogP contribution in [0.15, 0.2) is 42.5 Å². The van der Waals surface area contributed by atoms with E-state index in [2.05, 4.69) is 20.4 Å². The number of piperidine rings is 1. The van der Waals surface area contributed by atoms with Gasteiger partial charge >= 0.3 is 0 Å². The third-order valence-electron chi connectivity index (χ3n) is 6.74. The molecule has 2 heterocycles. The van der Waals surface area contributed by atoms with Crippen LogP contribution < -0.4 is 10.6 Å². The first-order valence-corrected chi connectivity index (χ1v) is 12.3. The molecule has 0 radical (unpaired) electrons. The number of fused-ring (bicyclic) bond motifs is 1. The fourth-order valence-electron chi connectivity index (χ4n) is 4.66. The minimum atomic E-state index is -0.0351. The van der Waals surface area contributed by atoms with Gasteiger partial charge in [-0.3, -0.25) is 14.5 Å². The molecule has 0 aromatic heterocycles. The van der Waals surface area contributed by atoms with Crippen LogP contribution in [-0.2, 0) is 9.53 Å². The van der Waals surface area contributed by atoms with Crippen LogP contribution in [0.3, 0.4) is 0 Å². The maximum atomic E-state index is 12.5. The smallest absolute Gasteiger partial charge is 0.251 e. The van der Waals surface area contributed by atoms with Gasteiger partial charge in [0.2, 0.25) is 5.91 Å². The van der Waals surface area contributed by atoms with Gasteiger partial charge in [0, 0.05) is 44.2 Å². The summed E-state index contributed by atoms with van der Waals surface area (Å²) in [6, 6.07) is 13.9. The largest absolute Gasteiger partial charge is 0.379 e. The number of rotatable bonds is 9. The second-order valence-corrected chi connectivity index (χ2v) is 9.03. The lowest BCUT2D eigenvalue weighted by atomic mass is 9.96. The zero-order chi connectivity index (χ0) is 22.9. The highest BCUT2D eigenvalue weighted by Gasteiger charge is 2.24. The molecule has 0 unspecified atom stereocenters. The van der Waals surface area contributed by atoms with Crippen molar-refractivity contribution in [3.8, 4) is 0 Å². The van der Waals surface area contributed by atoms with Gasteiger partial charge in [0.25, 0.3) is 5.91 Å². The van der Waals surface area contributed by atoms with Gasteiger partial charge in [0.1, 0.15) is 0 Å². The summed E-state index contributed by atoms with van der Waals surface area (Å²) < 4.78 is 5.37. The normalized spacial score (nSPS) is 18.3. The number of nitrogens with one attached hydrogen (secondary N) is 2. The van der Waals surface area contributed by atoms with Gasteiger partial charge in [-0.1, -0.05) is 30.3 Å². The second kappa shape index (κ2) is 12.1. The average molecular weight is 453 g/mol. The molecule has 178 valence electrons.